The summed E-state index contributed by atoms with van der Waals surface area (Å²) < 4.78 is 34.7. The second kappa shape index (κ2) is 5.48. The van der Waals surface area contributed by atoms with E-state index in [-0.39, 0.29) is 11.9 Å². The first kappa shape index (κ1) is 12.5. The van der Waals surface area contributed by atoms with Crippen LogP contribution in [0.4, 0.5) is 8.78 Å². The SMILES string of the molecule is CC(C)Oc1cc(I)ccc1OC(F)F. The fraction of sp³-hybridized carbons (Fsp3) is 0.400. The van der Waals surface area contributed by atoms with Crippen molar-refractivity contribution in [3.05, 3.63) is 21.8 Å². The van der Waals surface area contributed by atoms with Crippen molar-refractivity contribution in [1.29, 1.82) is 0 Å². The number of ether oxygens (including phenoxy) is 2. The molecule has 5 heteroatoms. The molecule has 0 fully saturated rings. The Bertz CT molecular complexity index is 329. The third-order valence-corrected chi connectivity index (χ3v) is 2.16. The number of rotatable bonds is 4. The minimum absolute atomic E-state index is 0.0686. The predicted octanol–water partition coefficient (Wildman–Crippen LogP) is 3.68. The van der Waals surface area contributed by atoms with Crippen molar-refractivity contribution in [1.82, 2.24) is 0 Å². The van der Waals surface area contributed by atoms with Crippen LogP contribution in [0, 0.1) is 3.57 Å². The number of hydrogen-bond donors (Lipinski definition) is 0. The van der Waals surface area contributed by atoms with Gasteiger partial charge in [0.1, 0.15) is 0 Å². The van der Waals surface area contributed by atoms with Gasteiger partial charge in [0.2, 0.25) is 0 Å². The first-order chi connectivity index (χ1) is 6.99. The molecule has 0 heterocycles. The van der Waals surface area contributed by atoms with Crippen LogP contribution in [0.3, 0.4) is 0 Å². The Morgan fingerprint density at radius 1 is 1.13 bits per heavy atom. The van der Waals surface area contributed by atoms with Gasteiger partial charge in [0.05, 0.1) is 6.10 Å². The molecule has 0 saturated carbocycles. The molecule has 0 radical (unpaired) electrons. The van der Waals surface area contributed by atoms with Crippen LogP contribution in [-0.2, 0) is 0 Å². The molecule has 0 aliphatic carbocycles. The van der Waals surface area contributed by atoms with Gasteiger partial charge in [0, 0.05) is 3.57 Å². The maximum absolute atomic E-state index is 12.1. The zero-order chi connectivity index (χ0) is 11.4. The summed E-state index contributed by atoms with van der Waals surface area (Å²) in [6.45, 7) is 0.817. The molecule has 84 valence electrons. The molecule has 0 saturated heterocycles. The van der Waals surface area contributed by atoms with Crippen molar-refractivity contribution >= 4 is 22.6 Å². The summed E-state index contributed by atoms with van der Waals surface area (Å²) in [6.07, 6.45) is -0.0803. The second-order valence-corrected chi connectivity index (χ2v) is 4.38. The lowest BCUT2D eigenvalue weighted by atomic mass is 10.3. The molecular weight excluding hydrogens is 317 g/mol. The van der Waals surface area contributed by atoms with Crippen LogP contribution in [0.25, 0.3) is 0 Å². The normalized spacial score (nSPS) is 10.9. The lowest BCUT2D eigenvalue weighted by Crippen LogP contribution is -2.09. The van der Waals surface area contributed by atoms with Crippen molar-refractivity contribution in [2.75, 3.05) is 0 Å². The standard InChI is InChI=1S/C10H11F2IO2/c1-6(2)14-9-5-7(13)3-4-8(9)15-10(11)12/h3-6,10H,1-2H3. The topological polar surface area (TPSA) is 18.5 Å². The van der Waals surface area contributed by atoms with Crippen LogP contribution < -0.4 is 9.47 Å². The third kappa shape index (κ3) is 4.19. The second-order valence-electron chi connectivity index (χ2n) is 3.14. The molecule has 0 amide bonds. The van der Waals surface area contributed by atoms with Crippen molar-refractivity contribution in [3.63, 3.8) is 0 Å². The van der Waals surface area contributed by atoms with E-state index in [1.165, 1.54) is 6.07 Å². The van der Waals surface area contributed by atoms with E-state index < -0.39 is 6.61 Å². The Kier molecular flexibility index (Phi) is 4.56. The summed E-state index contributed by atoms with van der Waals surface area (Å²) >= 11 is 2.08. The first-order valence-corrected chi connectivity index (χ1v) is 5.48. The average molecular weight is 328 g/mol. The molecular formula is C10H11F2IO2. The van der Waals surface area contributed by atoms with E-state index in [1.807, 2.05) is 13.8 Å². The molecule has 0 N–H and O–H groups in total. The maximum Gasteiger partial charge on any atom is 0.387 e. The van der Waals surface area contributed by atoms with Gasteiger partial charge < -0.3 is 9.47 Å². The molecule has 15 heavy (non-hydrogen) atoms. The summed E-state index contributed by atoms with van der Waals surface area (Å²) in [5.41, 5.74) is 0. The molecule has 1 aromatic carbocycles. The Morgan fingerprint density at radius 2 is 1.80 bits per heavy atom. The molecule has 1 aromatic rings. The van der Waals surface area contributed by atoms with Crippen LogP contribution in [0.1, 0.15) is 13.8 Å². The van der Waals surface area contributed by atoms with Crippen LogP contribution in [-0.4, -0.2) is 12.7 Å². The highest BCUT2D eigenvalue weighted by molar-refractivity contribution is 14.1. The third-order valence-electron chi connectivity index (χ3n) is 1.48. The van der Waals surface area contributed by atoms with E-state index in [0.717, 1.165) is 3.57 Å². The van der Waals surface area contributed by atoms with Gasteiger partial charge in [-0.2, -0.15) is 8.78 Å². The van der Waals surface area contributed by atoms with Gasteiger partial charge in [0.15, 0.2) is 11.5 Å². The van der Waals surface area contributed by atoms with Gasteiger partial charge >= 0.3 is 6.61 Å². The Hall–Kier alpha value is -0.590. The Balaban J connectivity index is 2.92. The van der Waals surface area contributed by atoms with Crippen molar-refractivity contribution in [2.45, 2.75) is 26.6 Å². The van der Waals surface area contributed by atoms with Gasteiger partial charge in [-0.15, -0.1) is 0 Å². The highest BCUT2D eigenvalue weighted by Gasteiger charge is 2.12. The van der Waals surface area contributed by atoms with E-state index in [1.54, 1.807) is 12.1 Å². The Morgan fingerprint density at radius 3 is 2.33 bits per heavy atom. The maximum atomic E-state index is 12.1. The minimum Gasteiger partial charge on any atom is -0.487 e. The molecule has 0 bridgehead atoms. The van der Waals surface area contributed by atoms with Crippen molar-refractivity contribution in [2.24, 2.45) is 0 Å². The highest BCUT2D eigenvalue weighted by atomic mass is 127. The van der Waals surface area contributed by atoms with E-state index in [9.17, 15) is 8.78 Å². The fourth-order valence-corrected chi connectivity index (χ4v) is 1.48. The molecule has 0 aliphatic rings. The van der Waals surface area contributed by atoms with Gasteiger partial charge in [-0.3, -0.25) is 0 Å². The summed E-state index contributed by atoms with van der Waals surface area (Å²) in [5, 5.41) is 0. The van der Waals surface area contributed by atoms with Crippen molar-refractivity contribution < 1.29 is 18.3 Å². The van der Waals surface area contributed by atoms with Gasteiger partial charge in [0.25, 0.3) is 0 Å². The first-order valence-electron chi connectivity index (χ1n) is 4.40. The van der Waals surface area contributed by atoms with Crippen molar-refractivity contribution in [3.8, 4) is 11.5 Å². The molecule has 0 spiro atoms. The van der Waals surface area contributed by atoms with Gasteiger partial charge in [-0.05, 0) is 54.6 Å². The number of alkyl halides is 2. The molecule has 0 aromatic heterocycles. The minimum atomic E-state index is -2.83. The van der Waals surface area contributed by atoms with Gasteiger partial charge in [-0.1, -0.05) is 0 Å². The molecule has 0 unspecified atom stereocenters. The number of halogens is 3. The summed E-state index contributed by atoms with van der Waals surface area (Å²) in [6, 6.07) is 4.83. The molecule has 0 atom stereocenters. The van der Waals surface area contributed by atoms with Crippen LogP contribution >= 0.6 is 22.6 Å². The monoisotopic (exact) mass is 328 g/mol. The average Bonchev–Trinajstić information content (AvgIpc) is 2.08. The van der Waals surface area contributed by atoms with E-state index in [0.29, 0.717) is 5.75 Å². The lowest BCUT2D eigenvalue weighted by molar-refractivity contribution is -0.0519. The zero-order valence-electron chi connectivity index (χ0n) is 8.34. The smallest absolute Gasteiger partial charge is 0.387 e. The largest absolute Gasteiger partial charge is 0.487 e. The summed E-state index contributed by atoms with van der Waals surface area (Å²) in [4.78, 5) is 0. The number of hydrogen-bond acceptors (Lipinski definition) is 2. The lowest BCUT2D eigenvalue weighted by Gasteiger charge is -2.14. The highest BCUT2D eigenvalue weighted by Crippen LogP contribution is 2.31. The molecule has 1 rings (SSSR count). The zero-order valence-corrected chi connectivity index (χ0v) is 10.5. The van der Waals surface area contributed by atoms with E-state index in [2.05, 4.69) is 27.3 Å². The summed E-state index contributed by atoms with van der Waals surface area (Å²) in [5.74, 6) is 0.413. The van der Waals surface area contributed by atoms with E-state index >= 15 is 0 Å². The number of benzene rings is 1. The van der Waals surface area contributed by atoms with Crippen LogP contribution in [0.2, 0.25) is 0 Å². The summed E-state index contributed by atoms with van der Waals surface area (Å²) in [7, 11) is 0. The fourth-order valence-electron chi connectivity index (χ4n) is 1.02. The predicted molar refractivity (Wildman–Crippen MR) is 61.6 cm³/mol. The molecule has 2 nitrogen and oxygen atoms in total. The quantitative estimate of drug-likeness (QED) is 0.785. The van der Waals surface area contributed by atoms with E-state index in [4.69, 9.17) is 4.74 Å². The van der Waals surface area contributed by atoms with Gasteiger partial charge in [-0.25, -0.2) is 0 Å². The van der Waals surface area contributed by atoms with Crippen LogP contribution in [0.15, 0.2) is 18.2 Å². The Labute approximate surface area is 101 Å². The van der Waals surface area contributed by atoms with Crippen LogP contribution in [0.5, 0.6) is 11.5 Å². The molecule has 0 aliphatic heterocycles.